The normalized spacial score (nSPS) is 21.9. The molecule has 1 unspecified atom stereocenters. The third-order valence-corrected chi connectivity index (χ3v) is 7.02. The lowest BCUT2D eigenvalue weighted by Gasteiger charge is -2.34. The van der Waals surface area contributed by atoms with Gasteiger partial charge in [0.2, 0.25) is 0 Å². The van der Waals surface area contributed by atoms with Crippen LogP contribution in [0.4, 0.5) is 0 Å². The number of unbranched alkanes of at least 4 members (excludes halogenated alkanes) is 1. The Kier molecular flexibility index (Phi) is 6.47. The highest BCUT2D eigenvalue weighted by atomic mass is 16.5. The second-order valence-corrected chi connectivity index (χ2v) is 8.75. The molecule has 0 bridgehead atoms. The van der Waals surface area contributed by atoms with E-state index in [-0.39, 0.29) is 11.8 Å². The van der Waals surface area contributed by atoms with Crippen molar-refractivity contribution in [2.45, 2.75) is 85.0 Å². The van der Waals surface area contributed by atoms with Crippen LogP contribution in [0.1, 0.15) is 91.8 Å². The first-order valence-corrected chi connectivity index (χ1v) is 10.9. The van der Waals surface area contributed by atoms with Crippen molar-refractivity contribution in [3.8, 4) is 5.75 Å². The van der Waals surface area contributed by atoms with Crippen LogP contribution >= 0.6 is 0 Å². The summed E-state index contributed by atoms with van der Waals surface area (Å²) < 4.78 is 5.93. The van der Waals surface area contributed by atoms with Gasteiger partial charge in [0.15, 0.2) is 5.78 Å². The summed E-state index contributed by atoms with van der Waals surface area (Å²) in [7, 11) is 0. The Morgan fingerprint density at radius 1 is 1.21 bits per heavy atom. The van der Waals surface area contributed by atoms with Crippen molar-refractivity contribution in [3.63, 3.8) is 0 Å². The zero-order valence-electron chi connectivity index (χ0n) is 17.6. The molecule has 1 aromatic rings. The number of fused-ring (bicyclic) bond motifs is 1. The molecule has 1 fully saturated rings. The highest BCUT2D eigenvalue weighted by Gasteiger charge is 2.51. The first kappa shape index (κ1) is 20.9. The van der Waals surface area contributed by atoms with E-state index in [4.69, 9.17) is 9.84 Å². The van der Waals surface area contributed by atoms with Gasteiger partial charge in [-0.25, -0.2) is 0 Å². The molecule has 4 heteroatoms. The number of benzene rings is 1. The summed E-state index contributed by atoms with van der Waals surface area (Å²) in [6.45, 7) is 6.65. The molecule has 0 aliphatic heterocycles. The molecular weight excluding hydrogens is 352 g/mol. The number of carboxylic acids is 1. The highest BCUT2D eigenvalue weighted by molar-refractivity contribution is 6.06. The van der Waals surface area contributed by atoms with Crippen LogP contribution in [0.3, 0.4) is 0 Å². The van der Waals surface area contributed by atoms with E-state index in [0.717, 1.165) is 53.7 Å². The molecule has 1 atom stereocenters. The topological polar surface area (TPSA) is 63.6 Å². The lowest BCUT2D eigenvalue weighted by Crippen LogP contribution is -2.35. The third-order valence-electron chi connectivity index (χ3n) is 7.02. The monoisotopic (exact) mass is 386 g/mol. The van der Waals surface area contributed by atoms with Crippen LogP contribution in [0.2, 0.25) is 0 Å². The molecule has 4 nitrogen and oxygen atoms in total. The van der Waals surface area contributed by atoms with E-state index in [0.29, 0.717) is 24.7 Å². The quantitative estimate of drug-likeness (QED) is 0.557. The van der Waals surface area contributed by atoms with E-state index in [9.17, 15) is 9.59 Å². The SMILES string of the molecule is CCCCC1(C2CCCC2)Cc2cc(OCCCC(=O)O)c(C)c(C)c2C1=O. The highest BCUT2D eigenvalue weighted by Crippen LogP contribution is 2.53. The van der Waals surface area contributed by atoms with Gasteiger partial charge >= 0.3 is 5.97 Å². The van der Waals surface area contributed by atoms with Gasteiger partial charge < -0.3 is 9.84 Å². The summed E-state index contributed by atoms with van der Waals surface area (Å²) in [6.07, 6.45) is 9.53. The summed E-state index contributed by atoms with van der Waals surface area (Å²) in [5.41, 5.74) is 3.93. The molecule has 154 valence electrons. The van der Waals surface area contributed by atoms with Gasteiger partial charge in [-0.3, -0.25) is 9.59 Å². The Hall–Kier alpha value is -1.84. The molecule has 0 radical (unpaired) electrons. The molecule has 1 saturated carbocycles. The molecule has 0 aromatic heterocycles. The van der Waals surface area contributed by atoms with Crippen molar-refractivity contribution in [3.05, 3.63) is 28.3 Å². The minimum Gasteiger partial charge on any atom is -0.493 e. The van der Waals surface area contributed by atoms with Gasteiger partial charge in [-0.05, 0) is 74.6 Å². The van der Waals surface area contributed by atoms with E-state index >= 15 is 0 Å². The van der Waals surface area contributed by atoms with E-state index in [2.05, 4.69) is 13.0 Å². The zero-order valence-corrected chi connectivity index (χ0v) is 17.6. The summed E-state index contributed by atoms with van der Waals surface area (Å²) in [5.74, 6) is 0.903. The average Bonchev–Trinajstić information content (AvgIpc) is 3.28. The number of aliphatic carboxylic acids is 1. The first-order valence-electron chi connectivity index (χ1n) is 10.9. The van der Waals surface area contributed by atoms with Crippen molar-refractivity contribution in [1.82, 2.24) is 0 Å². The number of ketones is 1. The van der Waals surface area contributed by atoms with Crippen LogP contribution < -0.4 is 4.74 Å². The largest absolute Gasteiger partial charge is 0.493 e. The maximum absolute atomic E-state index is 13.7. The molecule has 0 heterocycles. The fourth-order valence-electron chi connectivity index (χ4n) is 5.34. The minimum atomic E-state index is -0.798. The molecule has 0 spiro atoms. The predicted molar refractivity (Wildman–Crippen MR) is 110 cm³/mol. The molecular formula is C24H34O4. The Labute approximate surface area is 168 Å². The Morgan fingerprint density at radius 3 is 2.57 bits per heavy atom. The number of hydrogen-bond acceptors (Lipinski definition) is 3. The van der Waals surface area contributed by atoms with Crippen LogP contribution in [-0.4, -0.2) is 23.5 Å². The molecule has 1 aromatic carbocycles. The maximum atomic E-state index is 13.7. The van der Waals surface area contributed by atoms with E-state index < -0.39 is 5.97 Å². The molecule has 2 aliphatic carbocycles. The number of carboxylic acid groups (broad SMARTS) is 1. The third kappa shape index (κ3) is 3.83. The van der Waals surface area contributed by atoms with Crippen LogP contribution in [0.15, 0.2) is 6.07 Å². The molecule has 1 N–H and O–H groups in total. The van der Waals surface area contributed by atoms with Gasteiger partial charge in [0.25, 0.3) is 0 Å². The van der Waals surface area contributed by atoms with Gasteiger partial charge in [-0.2, -0.15) is 0 Å². The van der Waals surface area contributed by atoms with Crippen LogP contribution in [0.25, 0.3) is 0 Å². The average molecular weight is 387 g/mol. The summed E-state index contributed by atoms with van der Waals surface area (Å²) in [4.78, 5) is 24.4. The van der Waals surface area contributed by atoms with Gasteiger partial charge in [-0.15, -0.1) is 0 Å². The van der Waals surface area contributed by atoms with Crippen LogP contribution in [0.5, 0.6) is 5.75 Å². The molecule has 3 rings (SSSR count). The Bertz CT molecular complexity index is 745. The fraction of sp³-hybridized carbons (Fsp3) is 0.667. The number of ether oxygens (including phenoxy) is 1. The van der Waals surface area contributed by atoms with E-state index in [1.165, 1.54) is 25.7 Å². The van der Waals surface area contributed by atoms with Gasteiger partial charge in [0.05, 0.1) is 6.61 Å². The molecule has 28 heavy (non-hydrogen) atoms. The number of carbonyl (C=O) groups excluding carboxylic acids is 1. The minimum absolute atomic E-state index is 0.114. The zero-order chi connectivity index (χ0) is 20.3. The maximum Gasteiger partial charge on any atom is 0.303 e. The van der Waals surface area contributed by atoms with Crippen molar-refractivity contribution in [1.29, 1.82) is 0 Å². The lowest BCUT2D eigenvalue weighted by atomic mass is 9.68. The van der Waals surface area contributed by atoms with Gasteiger partial charge in [0, 0.05) is 17.4 Å². The van der Waals surface area contributed by atoms with E-state index in [1.807, 2.05) is 13.8 Å². The Balaban J connectivity index is 1.88. The number of hydrogen-bond donors (Lipinski definition) is 1. The van der Waals surface area contributed by atoms with Crippen molar-refractivity contribution in [2.24, 2.45) is 11.3 Å². The standard InChI is InChI=1S/C24H34O4/c1-4-5-12-24(19-9-6-7-10-19)15-18-14-20(28-13-8-11-21(25)26)16(2)17(3)22(18)23(24)27/h14,19H,4-13,15H2,1-3H3,(H,25,26). The van der Waals surface area contributed by atoms with Crippen LogP contribution in [0, 0.1) is 25.2 Å². The summed E-state index contributed by atoms with van der Waals surface area (Å²) >= 11 is 0. The van der Waals surface area contributed by atoms with Gasteiger partial charge in [0.1, 0.15) is 5.75 Å². The number of carbonyl (C=O) groups is 2. The number of Topliss-reactive ketones (excluding diaryl/α,β-unsaturated/α-hetero) is 1. The number of rotatable bonds is 9. The fourth-order valence-corrected chi connectivity index (χ4v) is 5.34. The summed E-state index contributed by atoms with van der Waals surface area (Å²) in [6, 6.07) is 2.07. The lowest BCUT2D eigenvalue weighted by molar-refractivity contribution is -0.137. The van der Waals surface area contributed by atoms with E-state index in [1.54, 1.807) is 0 Å². The summed E-state index contributed by atoms with van der Waals surface area (Å²) in [5, 5.41) is 8.80. The van der Waals surface area contributed by atoms with Crippen molar-refractivity contribution in [2.75, 3.05) is 6.61 Å². The smallest absolute Gasteiger partial charge is 0.303 e. The Morgan fingerprint density at radius 2 is 1.93 bits per heavy atom. The molecule has 0 amide bonds. The van der Waals surface area contributed by atoms with Crippen molar-refractivity contribution >= 4 is 11.8 Å². The second-order valence-electron chi connectivity index (χ2n) is 8.75. The molecule has 0 saturated heterocycles. The van der Waals surface area contributed by atoms with Crippen LogP contribution in [-0.2, 0) is 11.2 Å². The first-order chi connectivity index (χ1) is 13.4. The predicted octanol–water partition coefficient (Wildman–Crippen LogP) is 5.65. The molecule has 2 aliphatic rings. The second kappa shape index (κ2) is 8.67. The van der Waals surface area contributed by atoms with Gasteiger partial charge in [-0.1, -0.05) is 32.6 Å². The van der Waals surface area contributed by atoms with Crippen molar-refractivity contribution < 1.29 is 19.4 Å².